The molecule has 0 unspecified atom stereocenters. The Morgan fingerprint density at radius 1 is 1.90 bits per heavy atom. The highest BCUT2D eigenvalue weighted by atomic mass is 16.1. The van der Waals surface area contributed by atoms with Crippen LogP contribution in [0.1, 0.15) is 6.42 Å². The van der Waals surface area contributed by atoms with E-state index in [9.17, 15) is 4.79 Å². The van der Waals surface area contributed by atoms with E-state index in [0.29, 0.717) is 0 Å². The van der Waals surface area contributed by atoms with Crippen molar-refractivity contribution >= 4 is 12.6 Å². The first-order chi connectivity index (χ1) is 4.81. The quantitative estimate of drug-likeness (QED) is 0.564. The molecule has 10 heavy (non-hydrogen) atoms. The average molecular weight is 137 g/mol. The second kappa shape index (κ2) is 5.51. The normalized spacial score (nSPS) is 8.70. The Morgan fingerprint density at radius 3 is 3.10 bits per heavy atom. The molecular weight excluding hydrogens is 130 g/mol. The Labute approximate surface area is 58.9 Å². The minimum atomic E-state index is -0.345. The van der Waals surface area contributed by atoms with Gasteiger partial charge in [-0.25, -0.2) is 0 Å². The summed E-state index contributed by atoms with van der Waals surface area (Å²) in [4.78, 5) is 13.8. The molecule has 1 amide bonds. The molecule has 0 radical (unpaired) electrons. The molecule has 0 aromatic heterocycles. The fourth-order valence-electron chi connectivity index (χ4n) is 0.306. The van der Waals surface area contributed by atoms with Crippen LogP contribution in [0.4, 0.5) is 0 Å². The minimum absolute atomic E-state index is 0.137. The lowest BCUT2D eigenvalue weighted by molar-refractivity contribution is -0.119. The Balaban J connectivity index is 3.51. The van der Waals surface area contributed by atoms with E-state index < -0.39 is 0 Å². The van der Waals surface area contributed by atoms with Crippen LogP contribution in [0.3, 0.4) is 0 Å². The van der Waals surface area contributed by atoms with Gasteiger partial charge in [0.15, 0.2) is 0 Å². The van der Waals surface area contributed by atoms with Crippen molar-refractivity contribution in [1.82, 2.24) is 5.32 Å². The second-order valence-electron chi connectivity index (χ2n) is 1.40. The second-order valence-corrected chi connectivity index (χ2v) is 1.40. The van der Waals surface area contributed by atoms with E-state index in [-0.39, 0.29) is 12.3 Å². The summed E-state index contributed by atoms with van der Waals surface area (Å²) in [5, 5.41) is 10.3. The van der Waals surface area contributed by atoms with E-state index in [1.54, 1.807) is 6.07 Å². The molecule has 1 N–H and O–H groups in total. The zero-order chi connectivity index (χ0) is 7.82. The van der Waals surface area contributed by atoms with Gasteiger partial charge < -0.3 is 5.32 Å². The van der Waals surface area contributed by atoms with Crippen molar-refractivity contribution < 1.29 is 4.79 Å². The summed E-state index contributed by atoms with van der Waals surface area (Å²) >= 11 is 0. The van der Waals surface area contributed by atoms with E-state index >= 15 is 0 Å². The zero-order valence-corrected chi connectivity index (χ0v) is 5.37. The van der Waals surface area contributed by atoms with Crippen LogP contribution in [0.2, 0.25) is 0 Å². The van der Waals surface area contributed by atoms with E-state index in [2.05, 4.69) is 17.0 Å². The van der Waals surface area contributed by atoms with Crippen LogP contribution < -0.4 is 5.32 Å². The maximum atomic E-state index is 10.5. The minimum Gasteiger partial charge on any atom is -0.330 e. The van der Waals surface area contributed by atoms with Gasteiger partial charge in [0, 0.05) is 12.4 Å². The third kappa shape index (κ3) is 4.53. The van der Waals surface area contributed by atoms with E-state index in [0.717, 1.165) is 0 Å². The lowest BCUT2D eigenvalue weighted by Crippen LogP contribution is -2.15. The van der Waals surface area contributed by atoms with E-state index in [1.807, 2.05) is 0 Å². The van der Waals surface area contributed by atoms with Crippen molar-refractivity contribution in [3.8, 4) is 6.07 Å². The molecule has 0 fully saturated rings. The molecule has 0 aliphatic carbocycles. The number of carbonyl (C=O) groups excluding carboxylic acids is 1. The van der Waals surface area contributed by atoms with Crippen LogP contribution >= 0.6 is 0 Å². The predicted octanol–water partition coefficient (Wildman–Crippen LogP) is 0.188. The van der Waals surface area contributed by atoms with Crippen molar-refractivity contribution in [2.75, 3.05) is 0 Å². The van der Waals surface area contributed by atoms with Crippen LogP contribution in [0.25, 0.3) is 0 Å². The molecule has 0 saturated heterocycles. The maximum absolute atomic E-state index is 10.5. The first-order valence-electron chi connectivity index (χ1n) is 2.58. The van der Waals surface area contributed by atoms with Gasteiger partial charge in [-0.1, -0.05) is 0 Å². The lowest BCUT2D eigenvalue weighted by Gasteiger charge is -1.89. The highest BCUT2D eigenvalue weighted by Gasteiger charge is 1.92. The van der Waals surface area contributed by atoms with Gasteiger partial charge in [0.25, 0.3) is 0 Å². The third-order valence-electron chi connectivity index (χ3n) is 0.664. The van der Waals surface area contributed by atoms with Gasteiger partial charge in [-0.05, 0) is 6.72 Å². The Hall–Kier alpha value is -1.63. The summed E-state index contributed by atoms with van der Waals surface area (Å²) in [7, 11) is 0. The molecule has 0 aromatic rings. The molecule has 0 aliphatic rings. The van der Waals surface area contributed by atoms with Gasteiger partial charge in [0.1, 0.15) is 6.42 Å². The zero-order valence-electron chi connectivity index (χ0n) is 5.37. The first kappa shape index (κ1) is 8.37. The molecule has 4 heteroatoms. The molecule has 0 spiro atoms. The summed E-state index contributed by atoms with van der Waals surface area (Å²) in [5.41, 5.74) is 0. The topological polar surface area (TPSA) is 65.2 Å². The number of aliphatic imine (C=N–C) groups is 1. The molecule has 4 nitrogen and oxygen atoms in total. The van der Waals surface area contributed by atoms with Gasteiger partial charge in [0.05, 0.1) is 6.07 Å². The molecule has 0 aliphatic heterocycles. The number of nitriles is 1. The first-order valence-corrected chi connectivity index (χ1v) is 2.58. The molecule has 52 valence electrons. The molecule has 0 aromatic carbocycles. The van der Waals surface area contributed by atoms with Gasteiger partial charge in [-0.3, -0.25) is 9.79 Å². The van der Waals surface area contributed by atoms with Crippen LogP contribution in [-0.2, 0) is 4.79 Å². The highest BCUT2D eigenvalue weighted by molar-refractivity contribution is 5.78. The molecule has 0 atom stereocenters. The SMILES string of the molecule is C=N/C=C\NC(=O)CC#N. The van der Waals surface area contributed by atoms with Gasteiger partial charge in [-0.15, -0.1) is 0 Å². The summed E-state index contributed by atoms with van der Waals surface area (Å²) in [6.45, 7) is 3.15. The van der Waals surface area contributed by atoms with Crippen LogP contribution in [0, 0.1) is 11.3 Å². The average Bonchev–Trinajstić information content (AvgIpc) is 1.89. The summed E-state index contributed by atoms with van der Waals surface area (Å²) < 4.78 is 0. The van der Waals surface area contributed by atoms with E-state index in [4.69, 9.17) is 5.26 Å². The fraction of sp³-hybridized carbons (Fsp3) is 0.167. The smallest absolute Gasteiger partial charge is 0.238 e. The molecular formula is C6H7N3O. The predicted molar refractivity (Wildman–Crippen MR) is 37.1 cm³/mol. The molecule has 0 rings (SSSR count). The molecule has 0 bridgehead atoms. The van der Waals surface area contributed by atoms with Crippen molar-refractivity contribution in [2.45, 2.75) is 6.42 Å². The standard InChI is InChI=1S/C6H7N3O/c1-8-4-5-9-6(10)2-3-7/h4-5H,1-2H2,(H,9,10)/b5-4-. The third-order valence-corrected chi connectivity index (χ3v) is 0.664. The fourth-order valence-corrected chi connectivity index (χ4v) is 0.306. The van der Waals surface area contributed by atoms with Gasteiger partial charge in [-0.2, -0.15) is 5.26 Å². The van der Waals surface area contributed by atoms with Crippen LogP contribution in [0.15, 0.2) is 17.4 Å². The van der Waals surface area contributed by atoms with Crippen molar-refractivity contribution in [1.29, 1.82) is 5.26 Å². The van der Waals surface area contributed by atoms with Crippen LogP contribution in [0.5, 0.6) is 0 Å². The van der Waals surface area contributed by atoms with Gasteiger partial charge >= 0.3 is 0 Å². The van der Waals surface area contributed by atoms with Crippen molar-refractivity contribution in [3.63, 3.8) is 0 Å². The summed E-state index contributed by atoms with van der Waals surface area (Å²) in [5.74, 6) is -0.345. The van der Waals surface area contributed by atoms with E-state index in [1.165, 1.54) is 12.4 Å². The number of amides is 1. The van der Waals surface area contributed by atoms with Crippen molar-refractivity contribution in [3.05, 3.63) is 12.4 Å². The van der Waals surface area contributed by atoms with Gasteiger partial charge in [0.2, 0.25) is 5.91 Å². The summed E-state index contributed by atoms with van der Waals surface area (Å²) in [6, 6.07) is 1.70. The maximum Gasteiger partial charge on any atom is 0.238 e. The highest BCUT2D eigenvalue weighted by Crippen LogP contribution is 1.75. The number of carbonyl (C=O) groups is 1. The Kier molecular flexibility index (Phi) is 4.61. The van der Waals surface area contributed by atoms with Crippen LogP contribution in [-0.4, -0.2) is 12.6 Å². The molecule has 0 saturated carbocycles. The lowest BCUT2D eigenvalue weighted by atomic mass is 10.4. The largest absolute Gasteiger partial charge is 0.330 e. The number of hydrogen-bond donors (Lipinski definition) is 1. The molecule has 0 heterocycles. The number of nitrogens with one attached hydrogen (secondary N) is 1. The Bertz CT molecular complexity index is 190. The van der Waals surface area contributed by atoms with Crippen molar-refractivity contribution in [2.24, 2.45) is 4.99 Å². The summed E-state index contributed by atoms with van der Waals surface area (Å²) in [6.07, 6.45) is 2.52. The Morgan fingerprint density at radius 2 is 2.60 bits per heavy atom. The number of hydrogen-bond acceptors (Lipinski definition) is 3. The monoisotopic (exact) mass is 137 g/mol. The number of nitrogens with zero attached hydrogens (tertiary/aromatic N) is 2. The number of rotatable bonds is 3.